The van der Waals surface area contributed by atoms with Crippen molar-refractivity contribution in [1.29, 1.82) is 0 Å². The average molecular weight is 184 g/mol. The van der Waals surface area contributed by atoms with Gasteiger partial charge in [-0.15, -0.1) is 11.3 Å². The predicted octanol–water partition coefficient (Wildman–Crippen LogP) is 2.55. The van der Waals surface area contributed by atoms with Gasteiger partial charge in [-0.25, -0.2) is 4.98 Å². The minimum Gasteiger partial charge on any atom is -0.363 e. The molecule has 0 aliphatic rings. The van der Waals surface area contributed by atoms with Crippen LogP contribution in [-0.4, -0.2) is 18.1 Å². The summed E-state index contributed by atoms with van der Waals surface area (Å²) in [6.45, 7) is 8.64. The molecule has 0 bridgehead atoms. The fourth-order valence-electron chi connectivity index (χ4n) is 1.15. The van der Waals surface area contributed by atoms with Crippen molar-refractivity contribution in [3.8, 4) is 0 Å². The summed E-state index contributed by atoms with van der Waals surface area (Å²) in [5.41, 5.74) is 0. The first-order valence-electron chi connectivity index (χ1n) is 4.51. The van der Waals surface area contributed by atoms with Gasteiger partial charge in [-0.2, -0.15) is 0 Å². The van der Waals surface area contributed by atoms with E-state index in [-0.39, 0.29) is 0 Å². The van der Waals surface area contributed by atoms with Gasteiger partial charge in [0.15, 0.2) is 0 Å². The minimum absolute atomic E-state index is 1.05. The van der Waals surface area contributed by atoms with Crippen LogP contribution in [0.15, 0.2) is 6.20 Å². The number of rotatable bonds is 4. The van der Waals surface area contributed by atoms with Gasteiger partial charge in [-0.3, -0.25) is 0 Å². The van der Waals surface area contributed by atoms with E-state index >= 15 is 0 Å². The van der Waals surface area contributed by atoms with E-state index < -0.39 is 0 Å². The molecule has 0 unspecified atom stereocenters. The van der Waals surface area contributed by atoms with Gasteiger partial charge < -0.3 is 4.90 Å². The van der Waals surface area contributed by atoms with E-state index in [0.29, 0.717) is 0 Å². The number of aryl methyl sites for hydroxylation is 1. The van der Waals surface area contributed by atoms with Crippen molar-refractivity contribution in [2.24, 2.45) is 0 Å². The van der Waals surface area contributed by atoms with E-state index in [2.05, 4.69) is 30.7 Å². The third-order valence-corrected chi connectivity index (χ3v) is 3.12. The molecule has 0 saturated carbocycles. The van der Waals surface area contributed by atoms with Crippen LogP contribution in [0, 0.1) is 0 Å². The van der Waals surface area contributed by atoms with Crippen LogP contribution in [0.2, 0.25) is 0 Å². The quantitative estimate of drug-likeness (QED) is 0.715. The Morgan fingerprint density at radius 3 is 2.42 bits per heavy atom. The summed E-state index contributed by atoms with van der Waals surface area (Å²) in [5, 5.41) is 2.54. The first kappa shape index (κ1) is 9.52. The Bertz CT molecular complexity index is 228. The molecule has 1 aromatic rings. The zero-order valence-corrected chi connectivity index (χ0v) is 8.82. The summed E-state index contributed by atoms with van der Waals surface area (Å²) in [7, 11) is 0. The van der Waals surface area contributed by atoms with Gasteiger partial charge in [0.2, 0.25) is 0 Å². The molecule has 68 valence electrons. The van der Waals surface area contributed by atoms with Gasteiger partial charge in [0.25, 0.3) is 0 Å². The van der Waals surface area contributed by atoms with Crippen LogP contribution < -0.4 is 4.90 Å². The standard InChI is InChI=1S/C9H16N2S/c1-4-8-10-7-9(12-8)11(5-2)6-3/h7H,4-6H2,1-3H3. The second-order valence-corrected chi connectivity index (χ2v) is 3.71. The summed E-state index contributed by atoms with van der Waals surface area (Å²) < 4.78 is 0. The highest BCUT2D eigenvalue weighted by molar-refractivity contribution is 7.15. The van der Waals surface area contributed by atoms with E-state index in [0.717, 1.165) is 19.5 Å². The number of aromatic nitrogens is 1. The van der Waals surface area contributed by atoms with E-state index in [4.69, 9.17) is 0 Å². The van der Waals surface area contributed by atoms with Crippen LogP contribution >= 0.6 is 11.3 Å². The molecule has 2 nitrogen and oxygen atoms in total. The van der Waals surface area contributed by atoms with Gasteiger partial charge in [-0.05, 0) is 20.3 Å². The number of hydrogen-bond acceptors (Lipinski definition) is 3. The Morgan fingerprint density at radius 2 is 2.00 bits per heavy atom. The lowest BCUT2D eigenvalue weighted by Gasteiger charge is -2.17. The molecule has 1 aromatic heterocycles. The highest BCUT2D eigenvalue weighted by Gasteiger charge is 2.05. The molecule has 0 atom stereocenters. The van der Waals surface area contributed by atoms with Crippen LogP contribution in [0.4, 0.5) is 5.00 Å². The van der Waals surface area contributed by atoms with Crippen molar-refractivity contribution >= 4 is 16.3 Å². The lowest BCUT2D eigenvalue weighted by atomic mass is 10.5. The van der Waals surface area contributed by atoms with Crippen molar-refractivity contribution in [2.45, 2.75) is 27.2 Å². The van der Waals surface area contributed by atoms with Gasteiger partial charge in [0.05, 0.1) is 11.2 Å². The Labute approximate surface area is 78.2 Å². The van der Waals surface area contributed by atoms with Crippen molar-refractivity contribution in [3.05, 3.63) is 11.2 Å². The normalized spacial score (nSPS) is 10.2. The maximum absolute atomic E-state index is 4.33. The fourth-order valence-corrected chi connectivity index (χ4v) is 2.13. The molecule has 12 heavy (non-hydrogen) atoms. The number of anilines is 1. The molecule has 0 aliphatic carbocycles. The third kappa shape index (κ3) is 1.97. The lowest BCUT2D eigenvalue weighted by Crippen LogP contribution is -2.20. The topological polar surface area (TPSA) is 16.1 Å². The van der Waals surface area contributed by atoms with Crippen LogP contribution in [-0.2, 0) is 6.42 Å². The smallest absolute Gasteiger partial charge is 0.111 e. The van der Waals surface area contributed by atoms with Gasteiger partial charge in [0.1, 0.15) is 5.00 Å². The Hall–Kier alpha value is -0.570. The molecule has 0 N–H and O–H groups in total. The summed E-state index contributed by atoms with van der Waals surface area (Å²) in [6.07, 6.45) is 3.03. The SMILES string of the molecule is CCc1ncc(N(CC)CC)s1. The molecule has 0 fully saturated rings. The largest absolute Gasteiger partial charge is 0.363 e. The van der Waals surface area contributed by atoms with Gasteiger partial charge >= 0.3 is 0 Å². The van der Waals surface area contributed by atoms with Gasteiger partial charge in [-0.1, -0.05) is 6.92 Å². The van der Waals surface area contributed by atoms with Gasteiger partial charge in [0, 0.05) is 13.1 Å². The molecular formula is C9H16N2S. The summed E-state index contributed by atoms with van der Waals surface area (Å²) in [5.74, 6) is 0. The maximum atomic E-state index is 4.33. The Balaban J connectivity index is 2.72. The molecule has 0 radical (unpaired) electrons. The number of thiazole rings is 1. The third-order valence-electron chi connectivity index (χ3n) is 1.92. The molecule has 1 heterocycles. The fraction of sp³-hybridized carbons (Fsp3) is 0.667. The maximum Gasteiger partial charge on any atom is 0.111 e. The van der Waals surface area contributed by atoms with E-state index in [1.165, 1.54) is 10.0 Å². The molecule has 1 rings (SSSR count). The molecule has 0 aromatic carbocycles. The van der Waals surface area contributed by atoms with Crippen LogP contribution in [0.1, 0.15) is 25.8 Å². The van der Waals surface area contributed by atoms with Crippen molar-refractivity contribution in [2.75, 3.05) is 18.0 Å². The minimum atomic E-state index is 1.05. The van der Waals surface area contributed by atoms with Crippen molar-refractivity contribution in [3.63, 3.8) is 0 Å². The second-order valence-electron chi connectivity index (χ2n) is 2.62. The van der Waals surface area contributed by atoms with Crippen LogP contribution in [0.3, 0.4) is 0 Å². The molecule has 3 heteroatoms. The molecule has 0 aliphatic heterocycles. The highest BCUT2D eigenvalue weighted by Crippen LogP contribution is 2.23. The average Bonchev–Trinajstić information content (AvgIpc) is 2.55. The zero-order valence-electron chi connectivity index (χ0n) is 8.00. The first-order valence-corrected chi connectivity index (χ1v) is 5.33. The number of nitrogens with zero attached hydrogens (tertiary/aromatic N) is 2. The highest BCUT2D eigenvalue weighted by atomic mass is 32.1. The summed E-state index contributed by atoms with van der Waals surface area (Å²) in [4.78, 5) is 6.66. The van der Waals surface area contributed by atoms with E-state index in [1.807, 2.05) is 6.20 Å². The van der Waals surface area contributed by atoms with Crippen LogP contribution in [0.25, 0.3) is 0 Å². The molecular weight excluding hydrogens is 168 g/mol. The second kappa shape index (κ2) is 4.45. The van der Waals surface area contributed by atoms with E-state index in [9.17, 15) is 0 Å². The van der Waals surface area contributed by atoms with Crippen molar-refractivity contribution < 1.29 is 0 Å². The number of hydrogen-bond donors (Lipinski definition) is 0. The summed E-state index contributed by atoms with van der Waals surface area (Å²) in [6, 6.07) is 0. The molecule has 0 saturated heterocycles. The Kier molecular flexibility index (Phi) is 3.53. The van der Waals surface area contributed by atoms with Crippen LogP contribution in [0.5, 0.6) is 0 Å². The Morgan fingerprint density at radius 1 is 1.33 bits per heavy atom. The molecule has 0 spiro atoms. The predicted molar refractivity (Wildman–Crippen MR) is 55.1 cm³/mol. The monoisotopic (exact) mass is 184 g/mol. The summed E-state index contributed by atoms with van der Waals surface area (Å²) >= 11 is 1.80. The van der Waals surface area contributed by atoms with E-state index in [1.54, 1.807) is 11.3 Å². The lowest BCUT2D eigenvalue weighted by molar-refractivity contribution is 0.874. The molecule has 0 amide bonds. The zero-order chi connectivity index (χ0) is 8.97. The first-order chi connectivity index (χ1) is 5.81. The van der Waals surface area contributed by atoms with Crippen molar-refractivity contribution in [1.82, 2.24) is 4.98 Å².